The zero-order chi connectivity index (χ0) is 16.1. The Bertz CT molecular complexity index is 783. The molecule has 0 amide bonds. The van der Waals surface area contributed by atoms with E-state index < -0.39 is 5.56 Å². The van der Waals surface area contributed by atoms with Gasteiger partial charge in [0, 0.05) is 5.56 Å². The molecule has 2 aromatic rings. The molecule has 2 rings (SSSR count). The second-order valence-electron chi connectivity index (χ2n) is 4.40. The molecule has 0 aliphatic rings. The number of rotatable bonds is 5. The van der Waals surface area contributed by atoms with Gasteiger partial charge in [-0.05, 0) is 46.8 Å². The number of aromatic amines is 1. The largest absolute Gasteiger partial charge is 0.492 e. The van der Waals surface area contributed by atoms with Crippen molar-refractivity contribution in [2.45, 2.75) is 18.5 Å². The van der Waals surface area contributed by atoms with Gasteiger partial charge in [0.15, 0.2) is 5.16 Å². The Hall–Kier alpha value is -1.78. The normalized spacial score (nSPS) is 10.3. The highest BCUT2D eigenvalue weighted by atomic mass is 79.9. The Labute approximate surface area is 140 Å². The smallest absolute Gasteiger partial charge is 0.270 e. The van der Waals surface area contributed by atoms with Gasteiger partial charge in [0.05, 0.1) is 16.8 Å². The molecule has 0 bridgehead atoms. The van der Waals surface area contributed by atoms with Gasteiger partial charge in [-0.15, -0.1) is 0 Å². The minimum absolute atomic E-state index is 0.00641. The zero-order valence-corrected chi connectivity index (χ0v) is 14.5. The Morgan fingerprint density at radius 3 is 2.86 bits per heavy atom. The van der Waals surface area contributed by atoms with E-state index in [1.807, 2.05) is 19.2 Å². The first-order chi connectivity index (χ1) is 10.6. The first kappa shape index (κ1) is 16.6. The summed E-state index contributed by atoms with van der Waals surface area (Å²) in [5.74, 6) is 0.721. The first-order valence-electron chi connectivity index (χ1n) is 6.61. The van der Waals surface area contributed by atoms with Crippen molar-refractivity contribution in [3.8, 4) is 23.1 Å². The average Bonchev–Trinajstić information content (AvgIpc) is 2.52. The summed E-state index contributed by atoms with van der Waals surface area (Å²) < 4.78 is 6.36. The van der Waals surface area contributed by atoms with Crippen LogP contribution in [0, 0.1) is 11.3 Å². The number of ether oxygens (including phenoxy) is 1. The number of nitriles is 1. The van der Waals surface area contributed by atoms with Gasteiger partial charge in [-0.25, -0.2) is 4.98 Å². The number of nitrogens with one attached hydrogen (secondary N) is 1. The predicted molar refractivity (Wildman–Crippen MR) is 90.3 cm³/mol. The quantitative estimate of drug-likeness (QED) is 0.634. The van der Waals surface area contributed by atoms with Gasteiger partial charge in [-0.3, -0.25) is 4.79 Å². The lowest BCUT2D eigenvalue weighted by Crippen LogP contribution is -2.14. The summed E-state index contributed by atoms with van der Waals surface area (Å²) in [5, 5.41) is 9.68. The summed E-state index contributed by atoms with van der Waals surface area (Å²) in [6, 6.07) is 7.32. The molecule has 1 heterocycles. The van der Waals surface area contributed by atoms with Crippen LogP contribution >= 0.6 is 27.7 Å². The van der Waals surface area contributed by atoms with Crippen LogP contribution in [0.15, 0.2) is 32.6 Å². The van der Waals surface area contributed by atoms with Crippen molar-refractivity contribution in [2.75, 3.05) is 12.9 Å². The number of hydrogen-bond donors (Lipinski definition) is 1. The molecule has 0 saturated carbocycles. The van der Waals surface area contributed by atoms with Gasteiger partial charge in [-0.1, -0.05) is 18.7 Å². The summed E-state index contributed by atoms with van der Waals surface area (Å²) in [7, 11) is 0. The van der Waals surface area contributed by atoms with Crippen LogP contribution in [0.3, 0.4) is 0 Å². The molecule has 0 atom stereocenters. The SMILES string of the molecule is CCCOc1ccc(-c2nc(SC)[nH]c(=O)c2C#N)cc1Br. The fourth-order valence-electron chi connectivity index (χ4n) is 1.84. The summed E-state index contributed by atoms with van der Waals surface area (Å²) >= 11 is 4.77. The highest BCUT2D eigenvalue weighted by Crippen LogP contribution is 2.31. The molecule has 22 heavy (non-hydrogen) atoms. The van der Waals surface area contributed by atoms with Crippen molar-refractivity contribution in [1.82, 2.24) is 9.97 Å². The fraction of sp³-hybridized carbons (Fsp3) is 0.267. The Morgan fingerprint density at radius 2 is 2.27 bits per heavy atom. The molecule has 7 heteroatoms. The van der Waals surface area contributed by atoms with Crippen molar-refractivity contribution in [1.29, 1.82) is 5.26 Å². The maximum Gasteiger partial charge on any atom is 0.270 e. The molecule has 1 aromatic heterocycles. The van der Waals surface area contributed by atoms with E-state index in [-0.39, 0.29) is 5.56 Å². The highest BCUT2D eigenvalue weighted by molar-refractivity contribution is 9.10. The van der Waals surface area contributed by atoms with E-state index in [0.717, 1.165) is 16.6 Å². The maximum atomic E-state index is 11.9. The van der Waals surface area contributed by atoms with Crippen molar-refractivity contribution < 1.29 is 4.74 Å². The fourth-order valence-corrected chi connectivity index (χ4v) is 2.71. The molecule has 114 valence electrons. The minimum Gasteiger partial charge on any atom is -0.492 e. The van der Waals surface area contributed by atoms with Crippen LogP contribution in [-0.4, -0.2) is 22.8 Å². The minimum atomic E-state index is -0.431. The third-order valence-electron chi connectivity index (χ3n) is 2.87. The number of halogens is 1. The van der Waals surface area contributed by atoms with Crippen LogP contribution in [0.5, 0.6) is 5.75 Å². The summed E-state index contributed by atoms with van der Waals surface area (Å²) in [6.45, 7) is 2.66. The summed E-state index contributed by atoms with van der Waals surface area (Å²) in [6.07, 6.45) is 2.73. The number of thioether (sulfide) groups is 1. The lowest BCUT2D eigenvalue weighted by atomic mass is 10.1. The van der Waals surface area contributed by atoms with Crippen LogP contribution in [0.25, 0.3) is 11.3 Å². The molecule has 0 saturated heterocycles. The molecular formula is C15H14BrN3O2S. The van der Waals surface area contributed by atoms with Gasteiger partial charge in [0.1, 0.15) is 17.4 Å². The van der Waals surface area contributed by atoms with E-state index in [1.165, 1.54) is 11.8 Å². The molecule has 0 aliphatic heterocycles. The number of hydrogen-bond acceptors (Lipinski definition) is 5. The van der Waals surface area contributed by atoms with E-state index in [2.05, 4.69) is 25.9 Å². The second-order valence-corrected chi connectivity index (χ2v) is 6.05. The number of benzene rings is 1. The van der Waals surface area contributed by atoms with E-state index in [4.69, 9.17) is 4.74 Å². The summed E-state index contributed by atoms with van der Waals surface area (Å²) in [5.41, 5.74) is 0.637. The van der Waals surface area contributed by atoms with E-state index in [1.54, 1.807) is 18.2 Å². The van der Waals surface area contributed by atoms with E-state index in [0.29, 0.717) is 23.0 Å². The van der Waals surface area contributed by atoms with Gasteiger partial charge >= 0.3 is 0 Å². The third kappa shape index (κ3) is 3.51. The Balaban J connectivity index is 2.52. The van der Waals surface area contributed by atoms with Crippen molar-refractivity contribution >= 4 is 27.7 Å². The first-order valence-corrected chi connectivity index (χ1v) is 8.63. The van der Waals surface area contributed by atoms with Crippen molar-refractivity contribution in [2.24, 2.45) is 0 Å². The standard InChI is InChI=1S/C15H14BrN3O2S/c1-3-6-21-12-5-4-9(7-11(12)16)13-10(8-17)14(20)19-15(18-13)22-2/h4-5,7H,3,6H2,1-2H3,(H,18,19,20). The molecule has 0 radical (unpaired) electrons. The zero-order valence-electron chi connectivity index (χ0n) is 12.1. The van der Waals surface area contributed by atoms with Gasteiger partial charge in [0.25, 0.3) is 5.56 Å². The third-order valence-corrected chi connectivity index (χ3v) is 4.07. The highest BCUT2D eigenvalue weighted by Gasteiger charge is 2.14. The van der Waals surface area contributed by atoms with Gasteiger partial charge < -0.3 is 9.72 Å². The molecule has 0 spiro atoms. The van der Waals surface area contributed by atoms with Gasteiger partial charge in [-0.2, -0.15) is 5.26 Å². The number of aromatic nitrogens is 2. The molecule has 0 fully saturated rings. The molecule has 0 unspecified atom stereocenters. The number of nitrogens with zero attached hydrogens (tertiary/aromatic N) is 2. The van der Waals surface area contributed by atoms with Crippen LogP contribution in [0.4, 0.5) is 0 Å². The van der Waals surface area contributed by atoms with Gasteiger partial charge in [0.2, 0.25) is 0 Å². The average molecular weight is 380 g/mol. The van der Waals surface area contributed by atoms with Crippen LogP contribution in [-0.2, 0) is 0 Å². The Kier molecular flexibility index (Phi) is 5.63. The molecule has 0 aliphatic carbocycles. The lowest BCUT2D eigenvalue weighted by molar-refractivity contribution is 0.315. The summed E-state index contributed by atoms with van der Waals surface area (Å²) in [4.78, 5) is 18.9. The maximum absolute atomic E-state index is 11.9. The van der Waals surface area contributed by atoms with E-state index in [9.17, 15) is 10.1 Å². The predicted octanol–water partition coefficient (Wildman–Crippen LogP) is 3.58. The molecule has 1 aromatic carbocycles. The van der Waals surface area contributed by atoms with Crippen LogP contribution < -0.4 is 10.3 Å². The topological polar surface area (TPSA) is 78.8 Å². The molecule has 5 nitrogen and oxygen atoms in total. The Morgan fingerprint density at radius 1 is 1.50 bits per heavy atom. The number of H-pyrrole nitrogens is 1. The lowest BCUT2D eigenvalue weighted by Gasteiger charge is -2.10. The van der Waals surface area contributed by atoms with Crippen molar-refractivity contribution in [3.05, 3.63) is 38.6 Å². The van der Waals surface area contributed by atoms with Crippen molar-refractivity contribution in [3.63, 3.8) is 0 Å². The molecular weight excluding hydrogens is 366 g/mol. The monoisotopic (exact) mass is 379 g/mol. The molecule has 1 N–H and O–H groups in total. The van der Waals surface area contributed by atoms with E-state index >= 15 is 0 Å². The second kappa shape index (κ2) is 7.47. The van der Waals surface area contributed by atoms with Crippen LogP contribution in [0.1, 0.15) is 18.9 Å². The van der Waals surface area contributed by atoms with Crippen LogP contribution in [0.2, 0.25) is 0 Å².